The van der Waals surface area contributed by atoms with Crippen molar-refractivity contribution in [1.82, 2.24) is 9.21 Å². The molecule has 2 aromatic carbocycles. The molecule has 3 atom stereocenters. The number of amides is 3. The van der Waals surface area contributed by atoms with E-state index in [1.165, 1.54) is 22.3 Å². The van der Waals surface area contributed by atoms with Crippen LogP contribution in [-0.2, 0) is 10.0 Å². The third-order valence-corrected chi connectivity index (χ3v) is 7.84. The molecule has 0 bridgehead atoms. The smallest absolute Gasteiger partial charge is 0.323 e. The van der Waals surface area contributed by atoms with Crippen LogP contribution >= 0.6 is 0 Å². The highest BCUT2D eigenvalue weighted by Crippen LogP contribution is 2.34. The molecule has 0 spiro atoms. The number of rotatable bonds is 7. The first kappa shape index (κ1) is 27.5. The minimum atomic E-state index is -3.46. The summed E-state index contributed by atoms with van der Waals surface area (Å²) >= 11 is 0. The lowest BCUT2D eigenvalue weighted by molar-refractivity contribution is 0.0387. The second kappa shape index (κ2) is 11.1. The van der Waals surface area contributed by atoms with Crippen LogP contribution in [0, 0.1) is 5.92 Å². The number of hydrogen-bond donors (Lipinski definition) is 3. The summed E-state index contributed by atoms with van der Waals surface area (Å²) in [4.78, 5) is 27.7. The summed E-state index contributed by atoms with van der Waals surface area (Å²) in [7, 11) is -1.99. The number of aliphatic hydroxyl groups is 1. The zero-order valence-corrected chi connectivity index (χ0v) is 22.4. The number of sulfonamides is 1. The van der Waals surface area contributed by atoms with E-state index >= 15 is 0 Å². The Morgan fingerprint density at radius 3 is 2.42 bits per heavy atom. The normalized spacial score (nSPS) is 19.7. The molecule has 3 N–H and O–H groups in total. The molecule has 2 aliphatic heterocycles. The predicted octanol–water partition coefficient (Wildman–Crippen LogP) is 2.17. The van der Waals surface area contributed by atoms with Crippen molar-refractivity contribution in [2.75, 3.05) is 50.4 Å². The highest BCUT2D eigenvalue weighted by molar-refractivity contribution is 7.88. The van der Waals surface area contributed by atoms with Crippen molar-refractivity contribution in [3.8, 4) is 17.2 Å². The predicted molar refractivity (Wildman–Crippen MR) is 140 cm³/mol. The van der Waals surface area contributed by atoms with Gasteiger partial charge in [-0.1, -0.05) is 6.92 Å². The Kier molecular flexibility index (Phi) is 7.99. The molecule has 0 aliphatic carbocycles. The van der Waals surface area contributed by atoms with Gasteiger partial charge in [-0.15, -0.1) is 0 Å². The number of nitrogens with one attached hydrogen (secondary N) is 2. The van der Waals surface area contributed by atoms with Crippen LogP contribution in [0.5, 0.6) is 17.2 Å². The SMILES string of the molecule is C[C@@H]1CN([C@@H](C)CO)C(=O)c2cc(NC(=O)Nc3ccc4c(c3)OCO4)ccc2O[C@@H]1CN(C)S(C)(=O)=O. The standard InChI is InChI=1S/C25H32N4O8S/c1-15-11-29(16(2)13-30)24(31)19-9-17(5-7-20(19)37-23(15)12-28(3)38(4,33)34)26-25(32)27-18-6-8-21-22(10-18)36-14-35-21/h5-10,15-16,23,30H,11-14H2,1-4H3,(H2,26,27,32)/t15-,16+,23-/m1/s1. The Labute approximate surface area is 221 Å². The maximum absolute atomic E-state index is 13.5. The number of urea groups is 1. The van der Waals surface area contributed by atoms with Gasteiger partial charge in [0.15, 0.2) is 11.5 Å². The summed E-state index contributed by atoms with van der Waals surface area (Å²) in [6.07, 6.45) is 0.549. The quantitative estimate of drug-likeness (QED) is 0.477. The molecule has 2 aliphatic rings. The third-order valence-electron chi connectivity index (χ3n) is 6.56. The highest BCUT2D eigenvalue weighted by Gasteiger charge is 2.34. The third kappa shape index (κ3) is 6.11. The molecule has 2 aromatic rings. The molecule has 13 heteroatoms. The maximum atomic E-state index is 13.5. The molecule has 206 valence electrons. The number of benzene rings is 2. The molecule has 12 nitrogen and oxygen atoms in total. The molecule has 0 saturated heterocycles. The fourth-order valence-corrected chi connectivity index (χ4v) is 4.59. The molecule has 0 radical (unpaired) electrons. The van der Waals surface area contributed by atoms with Crippen LogP contribution in [-0.4, -0.2) is 86.6 Å². The van der Waals surface area contributed by atoms with Gasteiger partial charge in [-0.3, -0.25) is 4.79 Å². The van der Waals surface area contributed by atoms with E-state index in [0.717, 1.165) is 6.26 Å². The lowest BCUT2D eigenvalue weighted by Gasteiger charge is -2.38. The van der Waals surface area contributed by atoms with Crippen LogP contribution < -0.4 is 24.8 Å². The number of ether oxygens (including phenoxy) is 3. The minimum absolute atomic E-state index is 0.0763. The molecule has 4 rings (SSSR count). The summed E-state index contributed by atoms with van der Waals surface area (Å²) in [5.41, 5.74) is 1.02. The number of hydrogen-bond acceptors (Lipinski definition) is 8. The van der Waals surface area contributed by atoms with E-state index < -0.39 is 28.2 Å². The number of likely N-dealkylation sites (N-methyl/N-ethyl adjacent to an activating group) is 1. The molecular formula is C25H32N4O8S. The van der Waals surface area contributed by atoms with Gasteiger partial charge in [0.25, 0.3) is 5.91 Å². The first-order chi connectivity index (χ1) is 18.0. The highest BCUT2D eigenvalue weighted by atomic mass is 32.2. The van der Waals surface area contributed by atoms with Crippen molar-refractivity contribution in [3.05, 3.63) is 42.0 Å². The first-order valence-electron chi connectivity index (χ1n) is 12.1. The van der Waals surface area contributed by atoms with Gasteiger partial charge >= 0.3 is 6.03 Å². The lowest BCUT2D eigenvalue weighted by Crippen LogP contribution is -2.50. The number of carbonyl (C=O) groups excluding carboxylic acids is 2. The van der Waals surface area contributed by atoms with Gasteiger partial charge in [0.2, 0.25) is 16.8 Å². The summed E-state index contributed by atoms with van der Waals surface area (Å²) < 4.78 is 42.0. The second-order valence-corrected chi connectivity index (χ2v) is 11.6. The summed E-state index contributed by atoms with van der Waals surface area (Å²) in [5, 5.41) is 15.2. The monoisotopic (exact) mass is 548 g/mol. The molecule has 0 fully saturated rings. The number of aliphatic hydroxyl groups excluding tert-OH is 1. The number of fused-ring (bicyclic) bond motifs is 2. The molecular weight excluding hydrogens is 516 g/mol. The van der Waals surface area contributed by atoms with Gasteiger partial charge in [0.1, 0.15) is 11.9 Å². The minimum Gasteiger partial charge on any atom is -0.488 e. The summed E-state index contributed by atoms with van der Waals surface area (Å²) in [6, 6.07) is 8.64. The van der Waals surface area contributed by atoms with Crippen molar-refractivity contribution in [2.24, 2.45) is 5.92 Å². The van der Waals surface area contributed by atoms with Gasteiger partial charge in [0.05, 0.1) is 31.0 Å². The number of nitrogens with zero attached hydrogens (tertiary/aromatic N) is 2. The molecule has 2 heterocycles. The van der Waals surface area contributed by atoms with Crippen LogP contribution in [0.2, 0.25) is 0 Å². The van der Waals surface area contributed by atoms with Crippen molar-refractivity contribution in [3.63, 3.8) is 0 Å². The number of carbonyl (C=O) groups is 2. The van der Waals surface area contributed by atoms with Crippen LogP contribution in [0.3, 0.4) is 0 Å². The van der Waals surface area contributed by atoms with Crippen molar-refractivity contribution in [2.45, 2.75) is 26.0 Å². The first-order valence-corrected chi connectivity index (χ1v) is 13.9. The zero-order chi connectivity index (χ0) is 27.6. The molecule has 38 heavy (non-hydrogen) atoms. The Balaban J connectivity index is 1.58. The van der Waals surface area contributed by atoms with Crippen LogP contribution in [0.1, 0.15) is 24.2 Å². The van der Waals surface area contributed by atoms with E-state index in [-0.39, 0.29) is 49.6 Å². The maximum Gasteiger partial charge on any atom is 0.323 e. The lowest BCUT2D eigenvalue weighted by atomic mass is 9.99. The fraction of sp³-hybridized carbons (Fsp3) is 0.440. The molecule has 3 amide bonds. The largest absolute Gasteiger partial charge is 0.488 e. The van der Waals surface area contributed by atoms with Gasteiger partial charge in [-0.05, 0) is 37.3 Å². The Bertz CT molecular complexity index is 1320. The zero-order valence-electron chi connectivity index (χ0n) is 21.6. The molecule has 0 saturated carbocycles. The van der Waals surface area contributed by atoms with E-state index in [1.54, 1.807) is 37.3 Å². The van der Waals surface area contributed by atoms with Crippen LogP contribution in [0.25, 0.3) is 0 Å². The second-order valence-electron chi connectivity index (χ2n) is 9.52. The van der Waals surface area contributed by atoms with Crippen LogP contribution in [0.4, 0.5) is 16.2 Å². The van der Waals surface area contributed by atoms with Crippen molar-refractivity contribution < 1.29 is 37.3 Å². The fourth-order valence-electron chi connectivity index (χ4n) is 4.17. The van der Waals surface area contributed by atoms with Gasteiger partial charge < -0.3 is 34.9 Å². The van der Waals surface area contributed by atoms with Gasteiger partial charge in [0, 0.05) is 37.0 Å². The Morgan fingerprint density at radius 2 is 1.76 bits per heavy atom. The Morgan fingerprint density at radius 1 is 1.13 bits per heavy atom. The van der Waals surface area contributed by atoms with E-state index in [1.807, 2.05) is 6.92 Å². The molecule has 0 aromatic heterocycles. The van der Waals surface area contributed by atoms with Gasteiger partial charge in [-0.2, -0.15) is 0 Å². The van der Waals surface area contributed by atoms with E-state index in [2.05, 4.69) is 10.6 Å². The Hall–Kier alpha value is -3.55. The average Bonchev–Trinajstić information content (AvgIpc) is 3.33. The number of anilines is 2. The van der Waals surface area contributed by atoms with Crippen molar-refractivity contribution >= 4 is 33.3 Å². The van der Waals surface area contributed by atoms with Crippen molar-refractivity contribution in [1.29, 1.82) is 0 Å². The average molecular weight is 549 g/mol. The topological polar surface area (TPSA) is 147 Å². The molecule has 0 unspecified atom stereocenters. The van der Waals surface area contributed by atoms with E-state index in [4.69, 9.17) is 14.2 Å². The summed E-state index contributed by atoms with van der Waals surface area (Å²) in [5.74, 6) is 0.757. The summed E-state index contributed by atoms with van der Waals surface area (Å²) in [6.45, 7) is 3.78. The van der Waals surface area contributed by atoms with E-state index in [9.17, 15) is 23.1 Å². The van der Waals surface area contributed by atoms with Gasteiger partial charge in [-0.25, -0.2) is 17.5 Å². The van der Waals surface area contributed by atoms with Crippen LogP contribution in [0.15, 0.2) is 36.4 Å². The van der Waals surface area contributed by atoms with E-state index in [0.29, 0.717) is 22.9 Å².